The second-order valence-corrected chi connectivity index (χ2v) is 3.80. The van der Waals surface area contributed by atoms with E-state index in [-0.39, 0.29) is 6.61 Å². The Morgan fingerprint density at radius 3 is 2.86 bits per heavy atom. The molecule has 78 valence electrons. The van der Waals surface area contributed by atoms with E-state index in [1.807, 2.05) is 18.2 Å². The molecule has 0 atom stereocenters. The summed E-state index contributed by atoms with van der Waals surface area (Å²) in [6.45, 7) is 1.12. The van der Waals surface area contributed by atoms with Gasteiger partial charge in [-0.05, 0) is 12.1 Å². The molecule has 1 aromatic carbocycles. The topological polar surface area (TPSA) is 55.5 Å². The summed E-state index contributed by atoms with van der Waals surface area (Å²) >= 11 is 3.36. The third-order valence-electron chi connectivity index (χ3n) is 1.81. The first-order chi connectivity index (χ1) is 6.77. The van der Waals surface area contributed by atoms with Crippen molar-refractivity contribution < 1.29 is 9.84 Å². The van der Waals surface area contributed by atoms with Gasteiger partial charge in [0.05, 0.1) is 6.61 Å². The van der Waals surface area contributed by atoms with Crippen molar-refractivity contribution in [2.24, 2.45) is 5.73 Å². The molecule has 4 heteroatoms. The van der Waals surface area contributed by atoms with E-state index in [1.54, 1.807) is 0 Å². The molecule has 0 saturated carbocycles. The molecule has 0 aliphatic carbocycles. The fourth-order valence-corrected chi connectivity index (χ4v) is 1.42. The van der Waals surface area contributed by atoms with Crippen LogP contribution in [0, 0.1) is 0 Å². The molecule has 0 radical (unpaired) electrons. The number of benzene rings is 1. The smallest absolute Gasteiger partial charge is 0.124 e. The summed E-state index contributed by atoms with van der Waals surface area (Å²) in [6, 6.07) is 5.75. The number of rotatable bonds is 5. The van der Waals surface area contributed by atoms with Gasteiger partial charge in [0.1, 0.15) is 5.75 Å². The molecule has 0 saturated heterocycles. The maximum absolute atomic E-state index is 8.61. The van der Waals surface area contributed by atoms with E-state index < -0.39 is 0 Å². The van der Waals surface area contributed by atoms with Crippen molar-refractivity contribution in [3.8, 4) is 5.75 Å². The third-order valence-corrected chi connectivity index (χ3v) is 2.30. The first-order valence-electron chi connectivity index (χ1n) is 4.50. The summed E-state index contributed by atoms with van der Waals surface area (Å²) in [5.41, 5.74) is 6.54. The lowest BCUT2D eigenvalue weighted by Gasteiger charge is -2.09. The molecule has 0 unspecified atom stereocenters. The summed E-state index contributed by atoms with van der Waals surface area (Å²) < 4.78 is 6.45. The van der Waals surface area contributed by atoms with Crippen LogP contribution in [0.1, 0.15) is 12.0 Å². The normalized spacial score (nSPS) is 10.2. The number of aliphatic hydroxyl groups excluding tert-OH is 1. The molecule has 1 rings (SSSR count). The summed E-state index contributed by atoms with van der Waals surface area (Å²) in [5, 5.41) is 8.61. The molecule has 0 bridgehead atoms. The van der Waals surface area contributed by atoms with Gasteiger partial charge < -0.3 is 15.6 Å². The molecule has 1 aromatic rings. The van der Waals surface area contributed by atoms with Crippen LogP contribution < -0.4 is 10.5 Å². The van der Waals surface area contributed by atoms with Gasteiger partial charge in [-0.25, -0.2) is 0 Å². The van der Waals surface area contributed by atoms with Crippen LogP contribution in [-0.2, 0) is 6.54 Å². The van der Waals surface area contributed by atoms with Gasteiger partial charge in [-0.1, -0.05) is 22.0 Å². The number of halogens is 1. The minimum atomic E-state index is 0.145. The van der Waals surface area contributed by atoms with Gasteiger partial charge >= 0.3 is 0 Å². The zero-order valence-electron chi connectivity index (χ0n) is 7.87. The SMILES string of the molecule is NCc1ccc(Br)cc1OCCCO. The van der Waals surface area contributed by atoms with Gasteiger partial charge in [0, 0.05) is 29.6 Å². The highest BCUT2D eigenvalue weighted by atomic mass is 79.9. The number of ether oxygens (including phenoxy) is 1. The van der Waals surface area contributed by atoms with Crippen LogP contribution in [0.4, 0.5) is 0 Å². The van der Waals surface area contributed by atoms with Crippen LogP contribution in [0.25, 0.3) is 0 Å². The molecule has 0 heterocycles. The quantitative estimate of drug-likeness (QED) is 0.792. The minimum absolute atomic E-state index is 0.145. The lowest BCUT2D eigenvalue weighted by atomic mass is 10.2. The van der Waals surface area contributed by atoms with Crippen molar-refractivity contribution in [1.82, 2.24) is 0 Å². The summed E-state index contributed by atoms with van der Waals surface area (Å²) in [6.07, 6.45) is 0.635. The van der Waals surface area contributed by atoms with E-state index in [0.717, 1.165) is 15.8 Å². The Hall–Kier alpha value is -0.580. The van der Waals surface area contributed by atoms with E-state index >= 15 is 0 Å². The van der Waals surface area contributed by atoms with Crippen LogP contribution >= 0.6 is 15.9 Å². The van der Waals surface area contributed by atoms with Gasteiger partial charge in [-0.2, -0.15) is 0 Å². The predicted octanol–water partition coefficient (Wildman–Crippen LogP) is 1.67. The van der Waals surface area contributed by atoms with Gasteiger partial charge in [-0.3, -0.25) is 0 Å². The molecular formula is C10H14BrNO2. The van der Waals surface area contributed by atoms with Crippen molar-refractivity contribution in [2.45, 2.75) is 13.0 Å². The molecule has 0 aliphatic rings. The zero-order valence-corrected chi connectivity index (χ0v) is 9.46. The lowest BCUT2D eigenvalue weighted by Crippen LogP contribution is -2.04. The lowest BCUT2D eigenvalue weighted by molar-refractivity contribution is 0.232. The van der Waals surface area contributed by atoms with E-state index in [0.29, 0.717) is 19.6 Å². The zero-order chi connectivity index (χ0) is 10.4. The molecule has 0 aliphatic heterocycles. The van der Waals surface area contributed by atoms with Crippen LogP contribution in [-0.4, -0.2) is 18.3 Å². The second kappa shape index (κ2) is 6.01. The summed E-state index contributed by atoms with van der Waals surface area (Å²) in [5.74, 6) is 0.787. The number of hydrogen-bond donors (Lipinski definition) is 2. The Balaban J connectivity index is 2.67. The van der Waals surface area contributed by atoms with Crippen LogP contribution in [0.2, 0.25) is 0 Å². The first-order valence-corrected chi connectivity index (χ1v) is 5.29. The maximum atomic E-state index is 8.61. The fraction of sp³-hybridized carbons (Fsp3) is 0.400. The van der Waals surface area contributed by atoms with Gasteiger partial charge in [0.2, 0.25) is 0 Å². The van der Waals surface area contributed by atoms with Crippen molar-refractivity contribution in [3.05, 3.63) is 28.2 Å². The third kappa shape index (κ3) is 3.29. The van der Waals surface area contributed by atoms with Gasteiger partial charge in [0.15, 0.2) is 0 Å². The Labute approximate surface area is 92.0 Å². The molecule has 14 heavy (non-hydrogen) atoms. The average molecular weight is 260 g/mol. The maximum Gasteiger partial charge on any atom is 0.124 e. The van der Waals surface area contributed by atoms with Crippen LogP contribution in [0.3, 0.4) is 0 Å². The first kappa shape index (κ1) is 11.5. The number of aliphatic hydroxyl groups is 1. The van der Waals surface area contributed by atoms with Gasteiger partial charge in [0.25, 0.3) is 0 Å². The van der Waals surface area contributed by atoms with Crippen molar-refractivity contribution in [3.63, 3.8) is 0 Å². The fourth-order valence-electron chi connectivity index (χ4n) is 1.08. The number of nitrogens with two attached hydrogens (primary N) is 1. The Morgan fingerprint density at radius 2 is 2.21 bits per heavy atom. The second-order valence-electron chi connectivity index (χ2n) is 2.88. The molecule has 0 amide bonds. The average Bonchev–Trinajstić information content (AvgIpc) is 2.19. The molecule has 0 fully saturated rings. The van der Waals surface area contributed by atoms with E-state index in [2.05, 4.69) is 15.9 Å². The molecule has 3 nitrogen and oxygen atoms in total. The standard InChI is InChI=1S/C10H14BrNO2/c11-9-3-2-8(7-12)10(6-9)14-5-1-4-13/h2-3,6,13H,1,4-5,7,12H2. The van der Waals surface area contributed by atoms with Crippen molar-refractivity contribution in [2.75, 3.05) is 13.2 Å². The Kier molecular flexibility index (Phi) is 4.93. The van der Waals surface area contributed by atoms with E-state index in [9.17, 15) is 0 Å². The van der Waals surface area contributed by atoms with E-state index in [4.69, 9.17) is 15.6 Å². The predicted molar refractivity (Wildman–Crippen MR) is 59.2 cm³/mol. The number of hydrogen-bond acceptors (Lipinski definition) is 3. The summed E-state index contributed by atoms with van der Waals surface area (Å²) in [4.78, 5) is 0. The largest absolute Gasteiger partial charge is 0.493 e. The minimum Gasteiger partial charge on any atom is -0.493 e. The molecule has 3 N–H and O–H groups in total. The van der Waals surface area contributed by atoms with Gasteiger partial charge in [-0.15, -0.1) is 0 Å². The summed E-state index contributed by atoms with van der Waals surface area (Å²) in [7, 11) is 0. The molecule has 0 aromatic heterocycles. The highest BCUT2D eigenvalue weighted by molar-refractivity contribution is 9.10. The highest BCUT2D eigenvalue weighted by Gasteiger charge is 2.02. The highest BCUT2D eigenvalue weighted by Crippen LogP contribution is 2.23. The Morgan fingerprint density at radius 1 is 1.43 bits per heavy atom. The van der Waals surface area contributed by atoms with Crippen LogP contribution in [0.15, 0.2) is 22.7 Å². The molecular weight excluding hydrogens is 246 g/mol. The van der Waals surface area contributed by atoms with E-state index in [1.165, 1.54) is 0 Å². The molecule has 0 spiro atoms. The van der Waals surface area contributed by atoms with Crippen LogP contribution in [0.5, 0.6) is 5.75 Å². The monoisotopic (exact) mass is 259 g/mol. The Bertz CT molecular complexity index is 291. The van der Waals surface area contributed by atoms with Crippen molar-refractivity contribution in [1.29, 1.82) is 0 Å². The van der Waals surface area contributed by atoms with Crippen molar-refractivity contribution >= 4 is 15.9 Å².